The molecule has 2 aromatic carbocycles. The van der Waals surface area contributed by atoms with Crippen molar-refractivity contribution in [1.29, 1.82) is 5.26 Å². The first kappa shape index (κ1) is 22.2. The number of nitriles is 1. The quantitative estimate of drug-likeness (QED) is 0.445. The zero-order valence-electron chi connectivity index (χ0n) is 17.4. The van der Waals surface area contributed by atoms with E-state index in [4.69, 9.17) is 15.7 Å². The van der Waals surface area contributed by atoms with Gasteiger partial charge in [-0.25, -0.2) is 0 Å². The number of H-pyrrole nitrogens is 1. The van der Waals surface area contributed by atoms with E-state index in [2.05, 4.69) is 10.3 Å². The maximum absolute atomic E-state index is 13.0. The molecule has 0 radical (unpaired) electrons. The molecule has 33 heavy (non-hydrogen) atoms. The molecule has 0 unspecified atom stereocenters. The van der Waals surface area contributed by atoms with E-state index in [0.29, 0.717) is 28.0 Å². The number of fused-ring (bicyclic) bond motifs is 1. The van der Waals surface area contributed by atoms with Crippen LogP contribution in [0.4, 0.5) is 11.4 Å². The summed E-state index contributed by atoms with van der Waals surface area (Å²) in [7, 11) is 0. The average Bonchev–Trinajstić information content (AvgIpc) is 2.83. The Hall–Kier alpha value is -4.04. The lowest BCUT2D eigenvalue weighted by atomic mass is 10.1. The number of aliphatic hydroxyl groups excluding tert-OH is 1. The van der Waals surface area contributed by atoms with Gasteiger partial charge in [-0.3, -0.25) is 14.4 Å². The molecule has 0 aliphatic carbocycles. The lowest BCUT2D eigenvalue weighted by Gasteiger charge is -2.34. The van der Waals surface area contributed by atoms with Crippen LogP contribution >= 0.6 is 0 Å². The number of nitrogens with zero attached hydrogens (tertiary/aromatic N) is 2. The second-order valence-corrected chi connectivity index (χ2v) is 7.50. The molecule has 168 valence electrons. The van der Waals surface area contributed by atoms with Crippen LogP contribution in [-0.2, 0) is 20.9 Å². The summed E-state index contributed by atoms with van der Waals surface area (Å²) in [5.41, 5.74) is 7.69. The second-order valence-electron chi connectivity index (χ2n) is 7.50. The fraction of sp³-hybridized carbons (Fsp3) is 0.217. The monoisotopic (exact) mass is 447 g/mol. The van der Waals surface area contributed by atoms with Crippen LogP contribution in [0.5, 0.6) is 0 Å². The van der Waals surface area contributed by atoms with E-state index in [1.165, 1.54) is 29.2 Å². The fourth-order valence-corrected chi connectivity index (χ4v) is 3.70. The molecule has 1 fully saturated rings. The number of carbonyl (C=O) groups is 2. The number of hydrogen-bond acceptors (Lipinski definition) is 7. The number of amides is 2. The molecule has 2 amide bonds. The number of hydrogen-bond donors (Lipinski definition) is 4. The molecule has 2 atom stereocenters. The summed E-state index contributed by atoms with van der Waals surface area (Å²) in [6.45, 7) is 0.436. The van der Waals surface area contributed by atoms with E-state index in [1.54, 1.807) is 24.3 Å². The van der Waals surface area contributed by atoms with Crippen LogP contribution in [0.2, 0.25) is 0 Å². The highest BCUT2D eigenvalue weighted by Gasteiger charge is 2.39. The number of nitrogens with one attached hydrogen (secondary N) is 2. The molecular weight excluding hydrogens is 426 g/mol. The van der Waals surface area contributed by atoms with Crippen LogP contribution in [0, 0.1) is 11.3 Å². The van der Waals surface area contributed by atoms with E-state index >= 15 is 0 Å². The molecule has 0 saturated carbocycles. The molecule has 1 aliphatic rings. The summed E-state index contributed by atoms with van der Waals surface area (Å²) in [6, 6.07) is 14.8. The number of nitrogens with two attached hydrogens (primary N) is 1. The Morgan fingerprint density at radius 3 is 2.82 bits per heavy atom. The molecule has 10 nitrogen and oxygen atoms in total. The Labute approximate surface area is 188 Å². The summed E-state index contributed by atoms with van der Waals surface area (Å²) in [5.74, 6) is -1.41. The Kier molecular flexibility index (Phi) is 6.19. The number of ether oxygens (including phenoxy) is 1. The lowest BCUT2D eigenvalue weighted by molar-refractivity contribution is -0.150. The number of morpholine rings is 1. The Balaban J connectivity index is 1.52. The van der Waals surface area contributed by atoms with Crippen LogP contribution in [0.25, 0.3) is 10.9 Å². The SMILES string of the molecule is N#Cc1ccc(NC(=O)[C@H](O)[C@H]2OCCN(c3ccc4ccc(=O)[nH]c4c3)C2=O)cc1CN. The topological polar surface area (TPSA) is 162 Å². The first-order chi connectivity index (χ1) is 15.9. The molecule has 10 heteroatoms. The maximum Gasteiger partial charge on any atom is 0.259 e. The van der Waals surface area contributed by atoms with E-state index in [1.807, 2.05) is 6.07 Å². The fourth-order valence-electron chi connectivity index (χ4n) is 3.70. The van der Waals surface area contributed by atoms with Gasteiger partial charge in [-0.15, -0.1) is 0 Å². The zero-order chi connectivity index (χ0) is 23.5. The normalized spacial score (nSPS) is 16.9. The van der Waals surface area contributed by atoms with Crippen LogP contribution in [0.1, 0.15) is 11.1 Å². The molecule has 0 bridgehead atoms. The third-order valence-electron chi connectivity index (χ3n) is 5.41. The highest BCUT2D eigenvalue weighted by Crippen LogP contribution is 2.24. The van der Waals surface area contributed by atoms with E-state index < -0.39 is 24.0 Å². The minimum absolute atomic E-state index is 0.103. The molecule has 1 aliphatic heterocycles. The number of aromatic nitrogens is 1. The highest BCUT2D eigenvalue weighted by molar-refractivity contribution is 6.04. The first-order valence-electron chi connectivity index (χ1n) is 10.2. The molecular formula is C23H21N5O5. The average molecular weight is 447 g/mol. The molecule has 0 spiro atoms. The van der Waals surface area contributed by atoms with Gasteiger partial charge in [-0.2, -0.15) is 5.26 Å². The van der Waals surface area contributed by atoms with Crippen LogP contribution < -0.4 is 21.5 Å². The second kappa shape index (κ2) is 9.22. The van der Waals surface area contributed by atoms with Crippen molar-refractivity contribution in [2.75, 3.05) is 23.4 Å². The largest absolute Gasteiger partial charge is 0.380 e. The lowest BCUT2D eigenvalue weighted by Crippen LogP contribution is -2.55. The van der Waals surface area contributed by atoms with Gasteiger partial charge in [-0.1, -0.05) is 6.07 Å². The minimum Gasteiger partial charge on any atom is -0.380 e. The van der Waals surface area contributed by atoms with Gasteiger partial charge in [0, 0.05) is 30.5 Å². The summed E-state index contributed by atoms with van der Waals surface area (Å²) in [6.07, 6.45) is -3.17. The van der Waals surface area contributed by atoms with E-state index in [0.717, 1.165) is 5.39 Å². The van der Waals surface area contributed by atoms with Gasteiger partial charge in [0.25, 0.3) is 11.8 Å². The molecule has 1 saturated heterocycles. The Morgan fingerprint density at radius 1 is 1.27 bits per heavy atom. The van der Waals surface area contributed by atoms with Crippen molar-refractivity contribution < 1.29 is 19.4 Å². The van der Waals surface area contributed by atoms with Crippen LogP contribution in [-0.4, -0.2) is 47.3 Å². The van der Waals surface area contributed by atoms with E-state index in [-0.39, 0.29) is 25.3 Å². The molecule has 4 rings (SSSR count). The van der Waals surface area contributed by atoms with Gasteiger partial charge < -0.3 is 30.8 Å². The van der Waals surface area contributed by atoms with Crippen molar-refractivity contribution in [3.8, 4) is 6.07 Å². The predicted octanol–water partition coefficient (Wildman–Crippen LogP) is 0.590. The highest BCUT2D eigenvalue weighted by atomic mass is 16.5. The van der Waals surface area contributed by atoms with Crippen molar-refractivity contribution in [3.63, 3.8) is 0 Å². The van der Waals surface area contributed by atoms with Gasteiger partial charge in [0.2, 0.25) is 5.56 Å². The maximum atomic E-state index is 13.0. The van der Waals surface area contributed by atoms with Crippen LogP contribution in [0.15, 0.2) is 53.3 Å². The van der Waals surface area contributed by atoms with Crippen molar-refractivity contribution in [2.45, 2.75) is 18.8 Å². The smallest absolute Gasteiger partial charge is 0.259 e. The zero-order valence-corrected chi connectivity index (χ0v) is 17.4. The molecule has 5 N–H and O–H groups in total. The number of carbonyl (C=O) groups excluding carboxylic acids is 2. The number of rotatable bonds is 5. The number of benzene rings is 2. The summed E-state index contributed by atoms with van der Waals surface area (Å²) < 4.78 is 5.43. The number of aromatic amines is 1. The summed E-state index contributed by atoms with van der Waals surface area (Å²) in [5, 5.41) is 23.0. The van der Waals surface area contributed by atoms with Crippen molar-refractivity contribution in [1.82, 2.24) is 4.98 Å². The van der Waals surface area contributed by atoms with Crippen molar-refractivity contribution in [2.24, 2.45) is 5.73 Å². The first-order valence-corrected chi connectivity index (χ1v) is 10.2. The van der Waals surface area contributed by atoms with Crippen LogP contribution in [0.3, 0.4) is 0 Å². The van der Waals surface area contributed by atoms with Gasteiger partial charge >= 0.3 is 0 Å². The molecule has 1 aromatic heterocycles. The van der Waals surface area contributed by atoms with Gasteiger partial charge in [0.05, 0.1) is 23.8 Å². The predicted molar refractivity (Wildman–Crippen MR) is 120 cm³/mol. The Morgan fingerprint density at radius 2 is 2.06 bits per heavy atom. The molecule has 2 heterocycles. The van der Waals surface area contributed by atoms with Gasteiger partial charge in [0.15, 0.2) is 12.2 Å². The number of anilines is 2. The van der Waals surface area contributed by atoms with Gasteiger partial charge in [-0.05, 0) is 47.3 Å². The minimum atomic E-state index is -1.77. The third kappa shape index (κ3) is 4.47. The standard InChI is InChI=1S/C23H21N5O5/c24-11-14-1-4-16(9-15(14)12-25)26-22(31)20(30)21-23(32)28(7-8-33-21)17-5-2-13-3-6-19(29)27-18(13)10-17/h1-6,9-10,20-21,30H,7-8,12,25H2,(H,26,31)(H,27,29)/t20-,21-/m1/s1. The molecule has 3 aromatic rings. The third-order valence-corrected chi connectivity index (χ3v) is 5.41. The summed E-state index contributed by atoms with van der Waals surface area (Å²) in [4.78, 5) is 41.4. The van der Waals surface area contributed by atoms with Crippen molar-refractivity contribution in [3.05, 3.63) is 70.0 Å². The van der Waals surface area contributed by atoms with Crippen molar-refractivity contribution >= 4 is 34.1 Å². The summed E-state index contributed by atoms with van der Waals surface area (Å²) >= 11 is 0. The van der Waals surface area contributed by atoms with Gasteiger partial charge in [0.1, 0.15) is 0 Å². The van der Waals surface area contributed by atoms with E-state index in [9.17, 15) is 19.5 Å². The number of pyridine rings is 1. The number of aliphatic hydroxyl groups is 1. The Bertz CT molecular complexity index is 1330.